The molecule has 1 aromatic carbocycles. The molecule has 0 radical (unpaired) electrons. The Balaban J connectivity index is 1.87. The lowest BCUT2D eigenvalue weighted by molar-refractivity contribution is -0.114. The minimum absolute atomic E-state index is 0.231. The van der Waals surface area contributed by atoms with Crippen molar-refractivity contribution in [2.24, 2.45) is 0 Å². The summed E-state index contributed by atoms with van der Waals surface area (Å²) < 4.78 is 36.6. The fourth-order valence-corrected chi connectivity index (χ4v) is 5.81. The summed E-state index contributed by atoms with van der Waals surface area (Å²) in [6.45, 7) is 3.79. The van der Waals surface area contributed by atoms with Gasteiger partial charge in [-0.3, -0.25) is 9.10 Å². The molecule has 1 N–H and O–H groups in total. The first-order valence-corrected chi connectivity index (χ1v) is 13.2. The summed E-state index contributed by atoms with van der Waals surface area (Å²) in [6.07, 6.45) is 4.65. The van der Waals surface area contributed by atoms with Crippen molar-refractivity contribution < 1.29 is 27.5 Å². The predicted molar refractivity (Wildman–Crippen MR) is 125 cm³/mol. The van der Waals surface area contributed by atoms with Crippen molar-refractivity contribution in [3.63, 3.8) is 0 Å². The van der Waals surface area contributed by atoms with Crippen LogP contribution in [0.15, 0.2) is 24.3 Å². The van der Waals surface area contributed by atoms with Crippen LogP contribution in [0, 0.1) is 0 Å². The highest BCUT2D eigenvalue weighted by Crippen LogP contribution is 2.38. The van der Waals surface area contributed by atoms with Gasteiger partial charge in [-0.05, 0) is 57.2 Å². The van der Waals surface area contributed by atoms with Crippen LogP contribution in [0.25, 0.3) is 0 Å². The quantitative estimate of drug-likeness (QED) is 0.550. The molecule has 3 rings (SSSR count). The van der Waals surface area contributed by atoms with E-state index in [9.17, 15) is 18.0 Å². The lowest BCUT2D eigenvalue weighted by atomic mass is 9.95. The molecule has 0 atom stereocenters. The molecule has 174 valence electrons. The zero-order valence-electron chi connectivity index (χ0n) is 18.5. The molecule has 0 bridgehead atoms. The number of hydrogen-bond donors (Lipinski definition) is 1. The third-order valence-electron chi connectivity index (χ3n) is 5.01. The molecular formula is C22H28N2O6S2. The smallest absolute Gasteiger partial charge is 0.341 e. The van der Waals surface area contributed by atoms with Gasteiger partial charge >= 0.3 is 5.97 Å². The van der Waals surface area contributed by atoms with Crippen LogP contribution >= 0.6 is 11.3 Å². The van der Waals surface area contributed by atoms with Crippen LogP contribution in [0.5, 0.6) is 5.75 Å². The molecular weight excluding hydrogens is 452 g/mol. The average molecular weight is 481 g/mol. The number of nitrogens with zero attached hydrogens (tertiary/aromatic N) is 1. The van der Waals surface area contributed by atoms with Crippen molar-refractivity contribution in [1.29, 1.82) is 0 Å². The summed E-state index contributed by atoms with van der Waals surface area (Å²) in [7, 11) is -3.75. The van der Waals surface area contributed by atoms with Crippen molar-refractivity contribution in [3.05, 3.63) is 40.3 Å². The van der Waals surface area contributed by atoms with Crippen LogP contribution in [0.2, 0.25) is 0 Å². The Morgan fingerprint density at radius 1 is 1.16 bits per heavy atom. The third kappa shape index (κ3) is 5.60. The van der Waals surface area contributed by atoms with Gasteiger partial charge in [-0.1, -0.05) is 6.07 Å². The number of aryl methyl sites for hydroxylation is 1. The zero-order chi connectivity index (χ0) is 23.3. The monoisotopic (exact) mass is 480 g/mol. The summed E-state index contributed by atoms with van der Waals surface area (Å²) in [4.78, 5) is 26.6. The summed E-state index contributed by atoms with van der Waals surface area (Å²) in [6, 6.07) is 6.56. The molecule has 1 heterocycles. The molecule has 1 aliphatic carbocycles. The van der Waals surface area contributed by atoms with E-state index in [0.29, 0.717) is 28.6 Å². The van der Waals surface area contributed by atoms with Crippen molar-refractivity contribution >= 4 is 43.9 Å². The molecule has 0 spiro atoms. The van der Waals surface area contributed by atoms with Gasteiger partial charge in [0.15, 0.2) is 0 Å². The molecule has 1 aromatic heterocycles. The highest BCUT2D eigenvalue weighted by atomic mass is 32.2. The SMILES string of the molecule is CCOC(=O)c1c(NC(=O)CN(c2cccc(OCC)c2)S(C)(=O)=O)sc2c1CCCC2. The van der Waals surface area contributed by atoms with Crippen LogP contribution in [-0.2, 0) is 32.4 Å². The summed E-state index contributed by atoms with van der Waals surface area (Å²) in [5.41, 5.74) is 1.65. The number of sulfonamides is 1. The Bertz CT molecular complexity index is 1090. The normalized spacial score (nSPS) is 13.2. The van der Waals surface area contributed by atoms with Crippen molar-refractivity contribution in [2.75, 3.05) is 35.6 Å². The second kappa shape index (κ2) is 10.4. The van der Waals surface area contributed by atoms with Gasteiger partial charge in [0.1, 0.15) is 17.3 Å². The fourth-order valence-electron chi connectivity index (χ4n) is 3.66. The minimum atomic E-state index is -3.75. The maximum Gasteiger partial charge on any atom is 0.341 e. The number of carbonyl (C=O) groups is 2. The van der Waals surface area contributed by atoms with Crippen LogP contribution in [0.3, 0.4) is 0 Å². The zero-order valence-corrected chi connectivity index (χ0v) is 20.1. The summed E-state index contributed by atoms with van der Waals surface area (Å²) in [5.74, 6) is -0.498. The molecule has 10 heteroatoms. The van der Waals surface area contributed by atoms with E-state index in [1.807, 2.05) is 6.92 Å². The number of rotatable bonds is 9. The second-order valence-electron chi connectivity index (χ2n) is 7.38. The molecule has 8 nitrogen and oxygen atoms in total. The average Bonchev–Trinajstić information content (AvgIpc) is 3.09. The maximum atomic E-state index is 12.9. The lowest BCUT2D eigenvalue weighted by Crippen LogP contribution is -2.37. The molecule has 32 heavy (non-hydrogen) atoms. The molecule has 0 fully saturated rings. The Morgan fingerprint density at radius 3 is 2.59 bits per heavy atom. The van der Waals surface area contributed by atoms with E-state index in [-0.39, 0.29) is 6.61 Å². The first-order valence-electron chi connectivity index (χ1n) is 10.6. The van der Waals surface area contributed by atoms with Crippen LogP contribution in [-0.4, -0.2) is 46.3 Å². The van der Waals surface area contributed by atoms with Crippen molar-refractivity contribution in [3.8, 4) is 5.75 Å². The fraction of sp³-hybridized carbons (Fsp3) is 0.455. The Morgan fingerprint density at radius 2 is 1.91 bits per heavy atom. The molecule has 0 saturated heterocycles. The Labute approximate surface area is 192 Å². The number of fused-ring (bicyclic) bond motifs is 1. The number of hydrogen-bond acceptors (Lipinski definition) is 7. The molecule has 0 saturated carbocycles. The predicted octanol–water partition coefficient (Wildman–Crippen LogP) is 3.61. The van der Waals surface area contributed by atoms with E-state index in [4.69, 9.17) is 9.47 Å². The molecule has 0 unspecified atom stereocenters. The molecule has 0 aliphatic heterocycles. The van der Waals surface area contributed by atoms with E-state index < -0.39 is 28.4 Å². The van der Waals surface area contributed by atoms with Crippen LogP contribution < -0.4 is 14.4 Å². The maximum absolute atomic E-state index is 12.9. The minimum Gasteiger partial charge on any atom is -0.494 e. The van der Waals surface area contributed by atoms with E-state index in [0.717, 1.165) is 46.7 Å². The third-order valence-corrected chi connectivity index (χ3v) is 7.36. The number of esters is 1. The van der Waals surface area contributed by atoms with Crippen LogP contribution in [0.1, 0.15) is 47.5 Å². The van der Waals surface area contributed by atoms with Crippen molar-refractivity contribution in [2.45, 2.75) is 39.5 Å². The first-order chi connectivity index (χ1) is 15.2. The van der Waals surface area contributed by atoms with Crippen LogP contribution in [0.4, 0.5) is 10.7 Å². The number of ether oxygens (including phenoxy) is 2. The van der Waals surface area contributed by atoms with Gasteiger partial charge < -0.3 is 14.8 Å². The van der Waals surface area contributed by atoms with Gasteiger partial charge in [0.2, 0.25) is 15.9 Å². The Hall–Kier alpha value is -2.59. The van der Waals surface area contributed by atoms with Gasteiger partial charge in [-0.25, -0.2) is 13.2 Å². The highest BCUT2D eigenvalue weighted by Gasteiger charge is 2.28. The van der Waals surface area contributed by atoms with E-state index in [1.54, 1.807) is 31.2 Å². The van der Waals surface area contributed by atoms with Gasteiger partial charge in [0.05, 0.1) is 30.7 Å². The highest BCUT2D eigenvalue weighted by molar-refractivity contribution is 7.92. The number of benzene rings is 1. The van der Waals surface area contributed by atoms with Gasteiger partial charge in [0, 0.05) is 10.9 Å². The van der Waals surface area contributed by atoms with Crippen molar-refractivity contribution in [1.82, 2.24) is 0 Å². The van der Waals surface area contributed by atoms with Gasteiger partial charge in [0.25, 0.3) is 0 Å². The largest absolute Gasteiger partial charge is 0.494 e. The summed E-state index contributed by atoms with van der Waals surface area (Å²) >= 11 is 1.36. The first kappa shape index (κ1) is 24.1. The van der Waals surface area contributed by atoms with Gasteiger partial charge in [-0.15, -0.1) is 11.3 Å². The molecule has 2 aromatic rings. The Kier molecular flexibility index (Phi) is 7.78. The second-order valence-corrected chi connectivity index (χ2v) is 10.4. The molecule has 1 amide bonds. The van der Waals surface area contributed by atoms with E-state index >= 15 is 0 Å². The van der Waals surface area contributed by atoms with E-state index in [1.165, 1.54) is 11.3 Å². The lowest BCUT2D eigenvalue weighted by Gasteiger charge is -2.22. The number of nitrogens with one attached hydrogen (secondary N) is 1. The number of carbonyl (C=O) groups excluding carboxylic acids is 2. The topological polar surface area (TPSA) is 102 Å². The van der Waals surface area contributed by atoms with Gasteiger partial charge in [-0.2, -0.15) is 0 Å². The number of thiophene rings is 1. The van der Waals surface area contributed by atoms with E-state index in [2.05, 4.69) is 5.32 Å². The standard InChI is InChI=1S/C22H28N2O6S2/c1-4-29-16-10-8-9-15(13-16)24(32(3,27)28)14-19(25)23-21-20(22(26)30-5-2)17-11-6-7-12-18(17)31-21/h8-10,13H,4-7,11-12,14H2,1-3H3,(H,23,25). The number of amides is 1. The number of anilines is 2. The molecule has 1 aliphatic rings. The summed E-state index contributed by atoms with van der Waals surface area (Å²) in [5, 5.41) is 3.17.